The van der Waals surface area contributed by atoms with Crippen molar-refractivity contribution in [1.82, 2.24) is 4.90 Å². The predicted octanol–water partition coefficient (Wildman–Crippen LogP) is 5.16. The van der Waals surface area contributed by atoms with Crippen molar-refractivity contribution in [3.63, 3.8) is 0 Å². The highest BCUT2D eigenvalue weighted by atomic mass is 32.2. The summed E-state index contributed by atoms with van der Waals surface area (Å²) in [5, 5.41) is -0.101. The van der Waals surface area contributed by atoms with Gasteiger partial charge in [-0.25, -0.2) is 9.18 Å². The van der Waals surface area contributed by atoms with Gasteiger partial charge < -0.3 is 14.4 Å². The Morgan fingerprint density at radius 3 is 2.03 bits per heavy atom. The van der Waals surface area contributed by atoms with Gasteiger partial charge in [0.15, 0.2) is 0 Å². The van der Waals surface area contributed by atoms with Crippen molar-refractivity contribution >= 4 is 23.6 Å². The Labute approximate surface area is 202 Å². The van der Waals surface area contributed by atoms with Gasteiger partial charge in [-0.15, -0.1) is 11.8 Å². The Bertz CT molecular complexity index is 1090. The van der Waals surface area contributed by atoms with E-state index in [-0.39, 0.29) is 28.9 Å². The summed E-state index contributed by atoms with van der Waals surface area (Å²) in [7, 11) is 1.29. The number of thioether (sulfide) groups is 1. The Hall–Kier alpha value is -3.32. The third-order valence-corrected chi connectivity index (χ3v) is 7.49. The molecule has 5 rings (SSSR count). The fourth-order valence-corrected chi connectivity index (χ4v) is 5.49. The van der Waals surface area contributed by atoms with Gasteiger partial charge in [0.25, 0.3) is 0 Å². The molecule has 5 nitrogen and oxygen atoms in total. The minimum atomic E-state index is -1.29. The quantitative estimate of drug-likeness (QED) is 0.382. The lowest BCUT2D eigenvalue weighted by Gasteiger charge is -2.52. The van der Waals surface area contributed by atoms with E-state index in [1.807, 2.05) is 19.1 Å². The number of nitrogens with zero attached hydrogens (tertiary/aromatic N) is 1. The minimum Gasteiger partial charge on any atom is -0.472 e. The van der Waals surface area contributed by atoms with Crippen molar-refractivity contribution in [2.24, 2.45) is 0 Å². The zero-order valence-electron chi connectivity index (χ0n) is 19.0. The number of amides is 1. The lowest BCUT2D eigenvalue weighted by atomic mass is 9.96. The number of esters is 1. The smallest absolute Gasteiger partial charge is 0.353 e. The van der Waals surface area contributed by atoms with Crippen LogP contribution in [0.3, 0.4) is 0 Å². The van der Waals surface area contributed by atoms with Crippen LogP contribution in [0.15, 0.2) is 84.9 Å². The average Bonchev–Trinajstić information content (AvgIpc) is 2.88. The molecule has 3 atom stereocenters. The van der Waals surface area contributed by atoms with Crippen molar-refractivity contribution in [1.29, 1.82) is 0 Å². The van der Waals surface area contributed by atoms with Gasteiger partial charge in [-0.05, 0) is 42.3 Å². The zero-order chi connectivity index (χ0) is 24.1. The number of ether oxygens (including phenoxy) is 2. The van der Waals surface area contributed by atoms with Crippen LogP contribution >= 0.6 is 11.8 Å². The van der Waals surface area contributed by atoms with Crippen LogP contribution in [0.1, 0.15) is 13.3 Å². The molecule has 7 heteroatoms. The van der Waals surface area contributed by atoms with E-state index in [0.717, 1.165) is 0 Å². The number of halogens is 1. The maximum absolute atomic E-state index is 13.0. The first-order valence-corrected chi connectivity index (χ1v) is 12.0. The van der Waals surface area contributed by atoms with Crippen LogP contribution in [0.25, 0.3) is 11.1 Å². The summed E-state index contributed by atoms with van der Waals surface area (Å²) in [6.07, 6.45) is 0.489. The standard InChI is InChI=1S/C15H16FNO4S.C12H10/c1-9-15(14(19)20-2,8-17-12(18)7-13(17)22-9)21-11-5-3-10(16)4-6-11;1-3-7-11(8-4-1)12-9-5-2-6-10-12/h3-6,9,13H,7-8H2,1-2H3;1-10H/t9?,13-,15?;/m1./s1. The second-order valence-electron chi connectivity index (χ2n) is 8.13. The van der Waals surface area contributed by atoms with E-state index in [1.54, 1.807) is 4.90 Å². The largest absolute Gasteiger partial charge is 0.472 e. The molecule has 2 saturated heterocycles. The van der Waals surface area contributed by atoms with Crippen LogP contribution in [0.5, 0.6) is 5.75 Å². The molecule has 0 aliphatic carbocycles. The molecule has 0 radical (unpaired) electrons. The molecular formula is C27H26FNO4S. The summed E-state index contributed by atoms with van der Waals surface area (Å²) in [6.45, 7) is 2.03. The fraction of sp³-hybridized carbons (Fsp3) is 0.259. The third-order valence-electron chi connectivity index (χ3n) is 5.97. The van der Waals surface area contributed by atoms with Gasteiger partial charge >= 0.3 is 5.97 Å². The van der Waals surface area contributed by atoms with Crippen molar-refractivity contribution in [2.75, 3.05) is 13.7 Å². The lowest BCUT2D eigenvalue weighted by molar-refractivity contribution is -0.166. The van der Waals surface area contributed by atoms with Gasteiger partial charge in [-0.1, -0.05) is 60.7 Å². The first-order valence-electron chi connectivity index (χ1n) is 11.0. The number of hydrogen-bond donors (Lipinski definition) is 0. The first-order chi connectivity index (χ1) is 16.4. The molecule has 2 heterocycles. The fourth-order valence-electron chi connectivity index (χ4n) is 4.00. The van der Waals surface area contributed by atoms with E-state index in [0.29, 0.717) is 12.2 Å². The number of carbonyl (C=O) groups is 2. The van der Waals surface area contributed by atoms with Gasteiger partial charge in [0.1, 0.15) is 11.6 Å². The molecule has 34 heavy (non-hydrogen) atoms. The molecule has 0 saturated carbocycles. The number of rotatable bonds is 4. The summed E-state index contributed by atoms with van der Waals surface area (Å²) in [5.74, 6) is -0.551. The normalized spacial score (nSPS) is 23.0. The maximum Gasteiger partial charge on any atom is 0.353 e. The molecule has 2 aliphatic heterocycles. The molecule has 0 bridgehead atoms. The molecule has 0 spiro atoms. The highest BCUT2D eigenvalue weighted by molar-refractivity contribution is 8.00. The predicted molar refractivity (Wildman–Crippen MR) is 131 cm³/mol. The van der Waals surface area contributed by atoms with Gasteiger partial charge in [-0.2, -0.15) is 0 Å². The molecule has 0 N–H and O–H groups in total. The number of carbonyl (C=O) groups excluding carboxylic acids is 2. The number of fused-ring (bicyclic) bond motifs is 1. The Balaban J connectivity index is 0.000000192. The second kappa shape index (κ2) is 10.3. The maximum atomic E-state index is 13.0. The summed E-state index contributed by atoms with van der Waals surface area (Å²) in [5.41, 5.74) is 1.26. The van der Waals surface area contributed by atoms with Crippen molar-refractivity contribution < 1.29 is 23.5 Å². The monoisotopic (exact) mass is 479 g/mol. The van der Waals surface area contributed by atoms with E-state index >= 15 is 0 Å². The van der Waals surface area contributed by atoms with Crippen LogP contribution < -0.4 is 4.74 Å². The van der Waals surface area contributed by atoms with E-state index in [4.69, 9.17) is 9.47 Å². The molecule has 0 aromatic heterocycles. The third kappa shape index (κ3) is 4.94. The van der Waals surface area contributed by atoms with Gasteiger partial charge in [0, 0.05) is 0 Å². The molecule has 176 valence electrons. The second-order valence-corrected chi connectivity index (χ2v) is 9.65. The van der Waals surface area contributed by atoms with Gasteiger partial charge in [-0.3, -0.25) is 4.79 Å². The summed E-state index contributed by atoms with van der Waals surface area (Å²) in [6, 6.07) is 26.2. The zero-order valence-corrected chi connectivity index (χ0v) is 19.8. The molecular weight excluding hydrogens is 453 g/mol. The Morgan fingerprint density at radius 2 is 1.53 bits per heavy atom. The highest BCUT2D eigenvalue weighted by Crippen LogP contribution is 2.44. The van der Waals surface area contributed by atoms with Crippen LogP contribution in [0.2, 0.25) is 0 Å². The topological polar surface area (TPSA) is 55.8 Å². The SMILES string of the molecule is COC(=O)C1(Oc2ccc(F)cc2)CN2C(=O)C[C@H]2SC1C.c1ccc(-c2ccccc2)cc1. The first kappa shape index (κ1) is 23.8. The molecule has 2 fully saturated rings. The van der Waals surface area contributed by atoms with Gasteiger partial charge in [0.2, 0.25) is 11.5 Å². The average molecular weight is 480 g/mol. The Morgan fingerprint density at radius 1 is 0.971 bits per heavy atom. The lowest BCUT2D eigenvalue weighted by Crippen LogP contribution is -2.69. The Kier molecular flexibility index (Phi) is 7.22. The number of β-lactam (4-membered cyclic amide) rings is 1. The van der Waals surface area contributed by atoms with E-state index < -0.39 is 11.6 Å². The molecule has 1 amide bonds. The van der Waals surface area contributed by atoms with Crippen LogP contribution in [0.4, 0.5) is 4.39 Å². The van der Waals surface area contributed by atoms with E-state index in [1.165, 1.54) is 54.3 Å². The van der Waals surface area contributed by atoms with Crippen LogP contribution in [-0.2, 0) is 14.3 Å². The summed E-state index contributed by atoms with van der Waals surface area (Å²) in [4.78, 5) is 25.7. The number of methoxy groups -OCH3 is 1. The van der Waals surface area contributed by atoms with Crippen LogP contribution in [0, 0.1) is 5.82 Å². The molecule has 3 aromatic rings. The van der Waals surface area contributed by atoms with Crippen LogP contribution in [-0.4, -0.2) is 46.7 Å². The summed E-state index contributed by atoms with van der Waals surface area (Å²) < 4.78 is 23.9. The molecule has 3 aromatic carbocycles. The van der Waals surface area contributed by atoms with E-state index in [2.05, 4.69) is 48.5 Å². The summed E-state index contributed by atoms with van der Waals surface area (Å²) >= 11 is 1.52. The number of hydrogen-bond acceptors (Lipinski definition) is 5. The van der Waals surface area contributed by atoms with Gasteiger partial charge in [0.05, 0.1) is 30.7 Å². The molecule has 2 aliphatic rings. The number of benzene rings is 3. The van der Waals surface area contributed by atoms with Crippen molar-refractivity contribution in [2.45, 2.75) is 29.6 Å². The van der Waals surface area contributed by atoms with E-state index in [9.17, 15) is 14.0 Å². The van der Waals surface area contributed by atoms with Crippen molar-refractivity contribution in [3.05, 3.63) is 90.7 Å². The molecule has 2 unspecified atom stereocenters. The highest BCUT2D eigenvalue weighted by Gasteiger charge is 2.58. The van der Waals surface area contributed by atoms with Crippen molar-refractivity contribution in [3.8, 4) is 16.9 Å². The minimum absolute atomic E-state index is 0.000356.